The van der Waals surface area contributed by atoms with Gasteiger partial charge in [0.15, 0.2) is 0 Å². The predicted octanol–water partition coefficient (Wildman–Crippen LogP) is 3.52. The van der Waals surface area contributed by atoms with Crippen molar-refractivity contribution in [3.05, 3.63) is 62.6 Å². The van der Waals surface area contributed by atoms with Gasteiger partial charge < -0.3 is 10.5 Å². The number of nitro groups is 1. The lowest BCUT2D eigenvalue weighted by Crippen LogP contribution is -1.97. The van der Waals surface area contributed by atoms with Crippen LogP contribution in [-0.4, -0.2) is 4.92 Å². The van der Waals surface area contributed by atoms with E-state index < -0.39 is 4.92 Å². The van der Waals surface area contributed by atoms with Crippen molar-refractivity contribution < 1.29 is 9.66 Å². The van der Waals surface area contributed by atoms with Crippen LogP contribution in [0.3, 0.4) is 0 Å². The summed E-state index contributed by atoms with van der Waals surface area (Å²) in [6.07, 6.45) is 0. The standard InChI is InChI=1S/C13H11BrN2O3/c14-13-7-11(16(17)18)4-1-9(13)8-19-12-5-2-10(15)3-6-12/h1-7H,8,15H2. The highest BCUT2D eigenvalue weighted by molar-refractivity contribution is 9.10. The van der Waals surface area contributed by atoms with Crippen LogP contribution in [0.1, 0.15) is 5.56 Å². The van der Waals surface area contributed by atoms with Crippen molar-refractivity contribution in [3.63, 3.8) is 0 Å². The summed E-state index contributed by atoms with van der Waals surface area (Å²) in [5.41, 5.74) is 7.13. The number of anilines is 1. The number of halogens is 1. The normalized spacial score (nSPS) is 10.2. The molecule has 0 bridgehead atoms. The summed E-state index contributed by atoms with van der Waals surface area (Å²) in [5.74, 6) is 0.694. The van der Waals surface area contributed by atoms with E-state index in [2.05, 4.69) is 15.9 Å². The van der Waals surface area contributed by atoms with Crippen molar-refractivity contribution >= 4 is 27.3 Å². The van der Waals surface area contributed by atoms with Crippen molar-refractivity contribution in [2.24, 2.45) is 0 Å². The quantitative estimate of drug-likeness (QED) is 0.530. The summed E-state index contributed by atoms with van der Waals surface area (Å²) in [6.45, 7) is 0.322. The van der Waals surface area contributed by atoms with E-state index in [0.29, 0.717) is 22.5 Å². The summed E-state index contributed by atoms with van der Waals surface area (Å²) < 4.78 is 6.22. The summed E-state index contributed by atoms with van der Waals surface area (Å²) >= 11 is 3.30. The van der Waals surface area contributed by atoms with Gasteiger partial charge >= 0.3 is 0 Å². The van der Waals surface area contributed by atoms with Crippen LogP contribution in [-0.2, 0) is 6.61 Å². The van der Waals surface area contributed by atoms with E-state index in [1.54, 1.807) is 30.3 Å². The zero-order chi connectivity index (χ0) is 13.8. The summed E-state index contributed by atoms with van der Waals surface area (Å²) in [5, 5.41) is 10.6. The Balaban J connectivity index is 2.07. The number of rotatable bonds is 4. The van der Waals surface area contributed by atoms with Crippen LogP contribution in [0, 0.1) is 10.1 Å². The Bertz CT molecular complexity index is 599. The number of ether oxygens (including phenoxy) is 1. The van der Waals surface area contributed by atoms with Gasteiger partial charge in [0.1, 0.15) is 12.4 Å². The van der Waals surface area contributed by atoms with E-state index in [1.807, 2.05) is 0 Å². The first-order valence-corrected chi connectivity index (χ1v) is 6.27. The average Bonchev–Trinajstić information content (AvgIpc) is 2.39. The number of nitrogens with two attached hydrogens (primary N) is 1. The number of nitrogen functional groups attached to an aromatic ring is 1. The number of nitrogens with zero attached hydrogens (tertiary/aromatic N) is 1. The zero-order valence-electron chi connectivity index (χ0n) is 9.88. The highest BCUT2D eigenvalue weighted by Crippen LogP contribution is 2.24. The van der Waals surface area contributed by atoms with Crippen LogP contribution in [0.4, 0.5) is 11.4 Å². The highest BCUT2D eigenvalue weighted by atomic mass is 79.9. The molecular formula is C13H11BrN2O3. The fraction of sp³-hybridized carbons (Fsp3) is 0.0769. The van der Waals surface area contributed by atoms with Gasteiger partial charge in [0.05, 0.1) is 4.92 Å². The average molecular weight is 323 g/mol. The summed E-state index contributed by atoms with van der Waals surface area (Å²) in [6, 6.07) is 11.6. The van der Waals surface area contributed by atoms with E-state index in [0.717, 1.165) is 5.56 Å². The number of hydrogen-bond donors (Lipinski definition) is 1. The van der Waals surface area contributed by atoms with Gasteiger partial charge in [0, 0.05) is 27.9 Å². The minimum absolute atomic E-state index is 0.0445. The van der Waals surface area contributed by atoms with Gasteiger partial charge in [-0.3, -0.25) is 10.1 Å². The molecule has 0 spiro atoms. The molecule has 0 unspecified atom stereocenters. The molecule has 0 aliphatic heterocycles. The molecule has 0 radical (unpaired) electrons. The molecule has 2 aromatic carbocycles. The van der Waals surface area contributed by atoms with Crippen molar-refractivity contribution in [1.82, 2.24) is 0 Å². The molecule has 2 aromatic rings. The topological polar surface area (TPSA) is 78.4 Å². The lowest BCUT2D eigenvalue weighted by Gasteiger charge is -2.08. The molecule has 2 rings (SSSR count). The van der Waals surface area contributed by atoms with Crippen molar-refractivity contribution in [2.75, 3.05) is 5.73 Å². The van der Waals surface area contributed by atoms with Gasteiger partial charge in [-0.05, 0) is 30.3 Å². The van der Waals surface area contributed by atoms with Crippen LogP contribution in [0.2, 0.25) is 0 Å². The first-order valence-electron chi connectivity index (χ1n) is 5.47. The van der Waals surface area contributed by atoms with E-state index in [9.17, 15) is 10.1 Å². The van der Waals surface area contributed by atoms with E-state index in [4.69, 9.17) is 10.5 Å². The number of benzene rings is 2. The first kappa shape index (κ1) is 13.4. The Morgan fingerprint density at radius 2 is 1.89 bits per heavy atom. The highest BCUT2D eigenvalue weighted by Gasteiger charge is 2.09. The maximum atomic E-state index is 10.6. The number of hydrogen-bond acceptors (Lipinski definition) is 4. The molecule has 98 valence electrons. The second-order valence-electron chi connectivity index (χ2n) is 3.89. The second-order valence-corrected chi connectivity index (χ2v) is 4.74. The molecule has 0 aliphatic rings. The van der Waals surface area contributed by atoms with E-state index in [-0.39, 0.29) is 5.69 Å². The fourth-order valence-electron chi connectivity index (χ4n) is 1.49. The van der Waals surface area contributed by atoms with Crippen LogP contribution < -0.4 is 10.5 Å². The zero-order valence-corrected chi connectivity index (χ0v) is 11.5. The fourth-order valence-corrected chi connectivity index (χ4v) is 1.97. The maximum Gasteiger partial charge on any atom is 0.270 e. The molecule has 0 saturated carbocycles. The third-order valence-corrected chi connectivity index (χ3v) is 3.26. The predicted molar refractivity (Wildman–Crippen MR) is 76.0 cm³/mol. The molecule has 19 heavy (non-hydrogen) atoms. The van der Waals surface area contributed by atoms with E-state index in [1.165, 1.54) is 12.1 Å². The molecule has 0 amide bonds. The molecule has 0 fully saturated rings. The summed E-state index contributed by atoms with van der Waals surface area (Å²) in [4.78, 5) is 10.2. The Morgan fingerprint density at radius 3 is 2.47 bits per heavy atom. The lowest BCUT2D eigenvalue weighted by atomic mass is 10.2. The third kappa shape index (κ3) is 3.45. The van der Waals surface area contributed by atoms with E-state index >= 15 is 0 Å². The molecule has 0 heterocycles. The van der Waals surface area contributed by atoms with Crippen LogP contribution in [0.25, 0.3) is 0 Å². The molecule has 0 saturated heterocycles. The largest absolute Gasteiger partial charge is 0.489 e. The third-order valence-electron chi connectivity index (χ3n) is 2.52. The molecule has 0 aliphatic carbocycles. The van der Waals surface area contributed by atoms with Crippen molar-refractivity contribution in [1.29, 1.82) is 0 Å². The monoisotopic (exact) mass is 322 g/mol. The van der Waals surface area contributed by atoms with Gasteiger partial charge in [-0.25, -0.2) is 0 Å². The minimum Gasteiger partial charge on any atom is -0.489 e. The Kier molecular flexibility index (Phi) is 4.01. The molecule has 2 N–H and O–H groups in total. The van der Waals surface area contributed by atoms with Gasteiger partial charge in [-0.2, -0.15) is 0 Å². The maximum absolute atomic E-state index is 10.6. The van der Waals surface area contributed by atoms with Gasteiger partial charge in [0.2, 0.25) is 0 Å². The smallest absolute Gasteiger partial charge is 0.270 e. The minimum atomic E-state index is -0.435. The number of nitro benzene ring substituents is 1. The van der Waals surface area contributed by atoms with Crippen LogP contribution >= 0.6 is 15.9 Å². The Labute approximate surface area is 118 Å². The molecule has 0 atom stereocenters. The van der Waals surface area contributed by atoms with Crippen LogP contribution in [0.15, 0.2) is 46.9 Å². The first-order chi connectivity index (χ1) is 9.06. The van der Waals surface area contributed by atoms with Gasteiger partial charge in [-0.15, -0.1) is 0 Å². The molecular weight excluding hydrogens is 312 g/mol. The lowest BCUT2D eigenvalue weighted by molar-refractivity contribution is -0.384. The Hall–Kier alpha value is -2.08. The van der Waals surface area contributed by atoms with Crippen molar-refractivity contribution in [2.45, 2.75) is 6.61 Å². The Morgan fingerprint density at radius 1 is 1.21 bits per heavy atom. The molecule has 5 nitrogen and oxygen atoms in total. The van der Waals surface area contributed by atoms with Crippen LogP contribution in [0.5, 0.6) is 5.75 Å². The molecule has 0 aromatic heterocycles. The molecule has 6 heteroatoms. The van der Waals surface area contributed by atoms with Crippen molar-refractivity contribution in [3.8, 4) is 5.75 Å². The van der Waals surface area contributed by atoms with Gasteiger partial charge in [-0.1, -0.05) is 15.9 Å². The number of non-ortho nitro benzene ring substituents is 1. The summed E-state index contributed by atoms with van der Waals surface area (Å²) in [7, 11) is 0. The van der Waals surface area contributed by atoms with Gasteiger partial charge in [0.25, 0.3) is 5.69 Å². The SMILES string of the molecule is Nc1ccc(OCc2ccc([N+](=O)[O-])cc2Br)cc1. The second kappa shape index (κ2) is 5.71.